The number of benzene rings is 3. The second kappa shape index (κ2) is 7.16. The second-order valence-corrected chi connectivity index (χ2v) is 7.76. The van der Waals surface area contributed by atoms with Crippen LogP contribution in [-0.4, -0.2) is 0 Å². The molecule has 28 heavy (non-hydrogen) atoms. The van der Waals surface area contributed by atoms with Gasteiger partial charge in [0.1, 0.15) is 0 Å². The summed E-state index contributed by atoms with van der Waals surface area (Å²) in [7, 11) is 0. The Hall–Kier alpha value is -3.06. The summed E-state index contributed by atoms with van der Waals surface area (Å²) in [5.41, 5.74) is 8.87. The minimum Gasteiger partial charge on any atom is -0.313 e. The molecule has 0 N–H and O–H groups in total. The van der Waals surface area contributed by atoms with E-state index in [0.29, 0.717) is 0 Å². The van der Waals surface area contributed by atoms with Crippen LogP contribution in [0.15, 0.2) is 97.2 Å². The average molecular weight is 366 g/mol. The Morgan fingerprint density at radius 2 is 1.50 bits per heavy atom. The maximum Gasteiger partial charge on any atom is 0.0500 e. The van der Waals surface area contributed by atoms with Crippen LogP contribution in [0.1, 0.15) is 31.4 Å². The number of allylic oxidation sites excluding steroid dienone is 3. The van der Waals surface area contributed by atoms with Gasteiger partial charge in [-0.15, -0.1) is 6.58 Å². The molecule has 0 saturated heterocycles. The van der Waals surface area contributed by atoms with Crippen LogP contribution >= 0.6 is 0 Å². The maximum atomic E-state index is 4.01. The third kappa shape index (κ3) is 2.88. The Morgan fingerprint density at radius 3 is 2.11 bits per heavy atom. The number of aryl methyl sites for hydroxylation is 1. The molecule has 0 bridgehead atoms. The maximum absolute atomic E-state index is 4.01. The molecule has 0 aliphatic carbocycles. The number of hydrogen-bond acceptors (Lipinski definition) is 1. The number of rotatable bonds is 4. The lowest BCUT2D eigenvalue weighted by Crippen LogP contribution is -2.25. The quantitative estimate of drug-likeness (QED) is 0.431. The predicted molar refractivity (Wildman–Crippen MR) is 121 cm³/mol. The molecule has 0 amide bonds. The van der Waals surface area contributed by atoms with Gasteiger partial charge in [0.2, 0.25) is 0 Å². The van der Waals surface area contributed by atoms with Gasteiger partial charge in [0.25, 0.3) is 0 Å². The minimum absolute atomic E-state index is 0.0529. The summed E-state index contributed by atoms with van der Waals surface area (Å²) < 4.78 is 0. The summed E-state index contributed by atoms with van der Waals surface area (Å²) in [4.78, 5) is 2.40. The molecule has 140 valence electrons. The van der Waals surface area contributed by atoms with Crippen LogP contribution in [0.25, 0.3) is 11.1 Å². The summed E-state index contributed by atoms with van der Waals surface area (Å²) >= 11 is 0. The van der Waals surface area contributed by atoms with Gasteiger partial charge in [-0.25, -0.2) is 0 Å². The highest BCUT2D eigenvalue weighted by atomic mass is 15.2. The van der Waals surface area contributed by atoms with Crippen molar-refractivity contribution in [1.29, 1.82) is 0 Å². The van der Waals surface area contributed by atoms with E-state index in [0.717, 1.165) is 6.42 Å². The summed E-state index contributed by atoms with van der Waals surface area (Å²) in [6.07, 6.45) is 5.20. The van der Waals surface area contributed by atoms with E-state index in [2.05, 4.69) is 111 Å². The smallest absolute Gasteiger partial charge is 0.0500 e. The largest absolute Gasteiger partial charge is 0.313 e. The number of nitrogens with zero attached hydrogens (tertiary/aromatic N) is 1. The molecule has 0 radical (unpaired) electrons. The van der Waals surface area contributed by atoms with E-state index in [1.807, 2.05) is 6.08 Å². The molecule has 1 aliphatic heterocycles. The van der Waals surface area contributed by atoms with Crippen molar-refractivity contribution in [2.45, 2.75) is 32.6 Å². The molecule has 4 rings (SSSR count). The van der Waals surface area contributed by atoms with Crippen molar-refractivity contribution in [3.05, 3.63) is 108 Å². The molecule has 1 aliphatic rings. The Labute approximate surface area is 168 Å². The van der Waals surface area contributed by atoms with Gasteiger partial charge in [-0.1, -0.05) is 72.3 Å². The van der Waals surface area contributed by atoms with Gasteiger partial charge in [-0.3, -0.25) is 0 Å². The highest BCUT2D eigenvalue weighted by Gasteiger charge is 2.42. The van der Waals surface area contributed by atoms with Crippen LogP contribution in [0, 0.1) is 6.92 Å². The standard InChI is InChI=1S/C27H27N/c1-5-19-27(4)24-9-7-8-10-25(24)28(26(27)6-2)23-17-15-22(16-18-23)21-13-11-20(3)12-14-21/h5-18H,1,19H2,2-4H3/b26-6+. The summed E-state index contributed by atoms with van der Waals surface area (Å²) in [5.74, 6) is 0. The predicted octanol–water partition coefficient (Wildman–Crippen LogP) is 7.55. The fourth-order valence-electron chi connectivity index (χ4n) is 4.43. The molecular weight excluding hydrogens is 338 g/mol. The lowest BCUT2D eigenvalue weighted by molar-refractivity contribution is 0.583. The topological polar surface area (TPSA) is 3.24 Å². The van der Waals surface area contributed by atoms with E-state index in [4.69, 9.17) is 0 Å². The van der Waals surface area contributed by atoms with Crippen molar-refractivity contribution in [2.75, 3.05) is 4.90 Å². The third-order valence-electron chi connectivity index (χ3n) is 5.88. The SMILES string of the molecule is C=CCC1(C)/C(=C\C)N(c2ccc(-c3ccc(C)cc3)cc2)c2ccccc21. The fourth-order valence-corrected chi connectivity index (χ4v) is 4.43. The summed E-state index contributed by atoms with van der Waals surface area (Å²) in [6, 6.07) is 26.3. The first-order chi connectivity index (χ1) is 13.6. The molecule has 1 nitrogen and oxygen atoms in total. The van der Waals surface area contributed by atoms with E-state index in [9.17, 15) is 0 Å². The van der Waals surface area contributed by atoms with Crippen LogP contribution in [0.3, 0.4) is 0 Å². The van der Waals surface area contributed by atoms with E-state index < -0.39 is 0 Å². The first-order valence-electron chi connectivity index (χ1n) is 9.93. The van der Waals surface area contributed by atoms with Crippen LogP contribution in [0.4, 0.5) is 11.4 Å². The van der Waals surface area contributed by atoms with Gasteiger partial charge >= 0.3 is 0 Å². The van der Waals surface area contributed by atoms with E-state index in [1.54, 1.807) is 0 Å². The number of fused-ring (bicyclic) bond motifs is 1. The molecule has 1 heterocycles. The first-order valence-corrected chi connectivity index (χ1v) is 9.93. The zero-order valence-corrected chi connectivity index (χ0v) is 16.9. The van der Waals surface area contributed by atoms with E-state index in [-0.39, 0.29) is 5.41 Å². The lowest BCUT2D eigenvalue weighted by atomic mass is 9.78. The van der Waals surface area contributed by atoms with Gasteiger partial charge in [-0.05, 0) is 62.1 Å². The van der Waals surface area contributed by atoms with Crippen molar-refractivity contribution in [3.8, 4) is 11.1 Å². The van der Waals surface area contributed by atoms with Crippen LogP contribution in [0.5, 0.6) is 0 Å². The Balaban J connectivity index is 1.78. The zero-order chi connectivity index (χ0) is 19.7. The molecule has 0 aromatic heterocycles. The Kier molecular flexibility index (Phi) is 4.68. The van der Waals surface area contributed by atoms with Crippen LogP contribution < -0.4 is 4.90 Å². The van der Waals surface area contributed by atoms with Crippen molar-refractivity contribution in [3.63, 3.8) is 0 Å². The summed E-state index contributed by atoms with van der Waals surface area (Å²) in [6.45, 7) is 10.6. The van der Waals surface area contributed by atoms with Crippen LogP contribution in [-0.2, 0) is 5.41 Å². The van der Waals surface area contributed by atoms with E-state index in [1.165, 1.54) is 39.3 Å². The molecule has 1 heteroatoms. The van der Waals surface area contributed by atoms with Crippen molar-refractivity contribution in [2.24, 2.45) is 0 Å². The molecule has 0 fully saturated rings. The molecule has 3 aromatic rings. The molecule has 3 aromatic carbocycles. The molecule has 0 saturated carbocycles. The highest BCUT2D eigenvalue weighted by Crippen LogP contribution is 2.53. The number of anilines is 2. The highest BCUT2D eigenvalue weighted by molar-refractivity contribution is 5.81. The van der Waals surface area contributed by atoms with E-state index >= 15 is 0 Å². The van der Waals surface area contributed by atoms with Crippen molar-refractivity contribution >= 4 is 11.4 Å². The fraction of sp³-hybridized carbons (Fsp3) is 0.185. The van der Waals surface area contributed by atoms with Gasteiger partial charge in [-0.2, -0.15) is 0 Å². The molecule has 1 unspecified atom stereocenters. The van der Waals surface area contributed by atoms with Crippen molar-refractivity contribution < 1.29 is 0 Å². The molecule has 1 atom stereocenters. The third-order valence-corrected chi connectivity index (χ3v) is 5.88. The molecular formula is C27H27N. The average Bonchev–Trinajstić information content (AvgIpc) is 2.97. The summed E-state index contributed by atoms with van der Waals surface area (Å²) in [5, 5.41) is 0. The normalized spacial score (nSPS) is 19.7. The Bertz CT molecular complexity index is 1020. The molecule has 0 spiro atoms. The Morgan fingerprint density at radius 1 is 0.893 bits per heavy atom. The van der Waals surface area contributed by atoms with Crippen LogP contribution in [0.2, 0.25) is 0 Å². The van der Waals surface area contributed by atoms with Crippen molar-refractivity contribution in [1.82, 2.24) is 0 Å². The zero-order valence-electron chi connectivity index (χ0n) is 16.9. The van der Waals surface area contributed by atoms with Gasteiger partial charge in [0, 0.05) is 22.5 Å². The lowest BCUT2D eigenvalue weighted by Gasteiger charge is -2.29. The van der Waals surface area contributed by atoms with Gasteiger partial charge in [0.05, 0.1) is 0 Å². The second-order valence-electron chi connectivity index (χ2n) is 7.76. The monoisotopic (exact) mass is 365 g/mol. The van der Waals surface area contributed by atoms with Gasteiger partial charge < -0.3 is 4.90 Å². The number of para-hydroxylation sites is 1. The first kappa shape index (κ1) is 18.3. The number of hydrogen-bond donors (Lipinski definition) is 0. The minimum atomic E-state index is -0.0529. The van der Waals surface area contributed by atoms with Gasteiger partial charge in [0.15, 0.2) is 0 Å².